The first-order valence-corrected chi connectivity index (χ1v) is 10.6. The molecule has 0 N–H and O–H groups in total. The summed E-state index contributed by atoms with van der Waals surface area (Å²) in [7, 11) is 0. The van der Waals surface area contributed by atoms with Crippen LogP contribution in [0.2, 0.25) is 0 Å². The minimum atomic E-state index is 0.251. The third-order valence-corrected chi connectivity index (χ3v) is 6.34. The molecule has 0 aromatic carbocycles. The van der Waals surface area contributed by atoms with Crippen molar-refractivity contribution < 1.29 is 9.59 Å². The van der Waals surface area contributed by atoms with Crippen LogP contribution in [0.3, 0.4) is 0 Å². The average molecular weight is 361 g/mol. The van der Waals surface area contributed by atoms with Gasteiger partial charge in [0.15, 0.2) is 11.6 Å². The molecule has 0 heterocycles. The Morgan fingerprint density at radius 3 is 1.62 bits per heavy atom. The van der Waals surface area contributed by atoms with Gasteiger partial charge in [0.25, 0.3) is 0 Å². The molecule has 4 atom stereocenters. The van der Waals surface area contributed by atoms with Crippen molar-refractivity contribution in [1.82, 2.24) is 0 Å². The summed E-state index contributed by atoms with van der Waals surface area (Å²) in [6, 6.07) is 0. The highest BCUT2D eigenvalue weighted by Crippen LogP contribution is 2.35. The summed E-state index contributed by atoms with van der Waals surface area (Å²) in [4.78, 5) is 23.7. The summed E-state index contributed by atoms with van der Waals surface area (Å²) in [5.41, 5.74) is 2.14. The smallest absolute Gasteiger partial charge is 0.162 e. The van der Waals surface area contributed by atoms with Gasteiger partial charge in [-0.15, -0.1) is 0 Å². The quantitative estimate of drug-likeness (QED) is 0.533. The predicted molar refractivity (Wildman–Crippen MR) is 111 cm³/mol. The van der Waals surface area contributed by atoms with Crippen molar-refractivity contribution in [2.75, 3.05) is 0 Å². The van der Waals surface area contributed by atoms with Crippen molar-refractivity contribution in [1.29, 1.82) is 0 Å². The minimum Gasteiger partial charge on any atom is -0.294 e. The van der Waals surface area contributed by atoms with Crippen molar-refractivity contribution in [3.8, 4) is 0 Å². The lowest BCUT2D eigenvalue weighted by atomic mass is 9.73. The van der Waals surface area contributed by atoms with Crippen LogP contribution in [0, 0.1) is 35.5 Å². The standard InChI is InChI=1S/2C12H20O/c1-5-10-11(8(2)3)7-6-9(4)12(10)13;1-5-10-9(4)6-7-11(8(2)3)12(10)13/h2*5,8-9,11H,6-7H2,1-4H3/b2*10-5-. The van der Waals surface area contributed by atoms with Gasteiger partial charge in [0, 0.05) is 11.8 Å². The lowest BCUT2D eigenvalue weighted by Crippen LogP contribution is -2.29. The molecule has 0 spiro atoms. The Hall–Kier alpha value is -1.18. The zero-order chi connectivity index (χ0) is 20.0. The third-order valence-electron chi connectivity index (χ3n) is 6.34. The van der Waals surface area contributed by atoms with Crippen LogP contribution in [0.1, 0.15) is 81.1 Å². The topological polar surface area (TPSA) is 34.1 Å². The van der Waals surface area contributed by atoms with Crippen LogP contribution < -0.4 is 0 Å². The summed E-state index contributed by atoms with van der Waals surface area (Å²) in [6.07, 6.45) is 8.52. The van der Waals surface area contributed by atoms with Crippen LogP contribution in [-0.4, -0.2) is 11.6 Å². The van der Waals surface area contributed by atoms with E-state index in [1.807, 2.05) is 32.9 Å². The molecule has 2 nitrogen and oxygen atoms in total. The van der Waals surface area contributed by atoms with Gasteiger partial charge < -0.3 is 0 Å². The fraction of sp³-hybridized carbons (Fsp3) is 0.750. The van der Waals surface area contributed by atoms with Gasteiger partial charge in [0.1, 0.15) is 0 Å². The fourth-order valence-corrected chi connectivity index (χ4v) is 4.47. The van der Waals surface area contributed by atoms with Gasteiger partial charge in [-0.25, -0.2) is 0 Å². The Balaban J connectivity index is 0.000000260. The molecule has 2 saturated carbocycles. The van der Waals surface area contributed by atoms with Gasteiger partial charge in [-0.1, -0.05) is 53.7 Å². The zero-order valence-corrected chi connectivity index (χ0v) is 18.3. The predicted octanol–water partition coefficient (Wildman–Crippen LogP) is 6.41. The molecule has 0 saturated heterocycles. The van der Waals surface area contributed by atoms with Crippen LogP contribution in [0.5, 0.6) is 0 Å². The first kappa shape index (κ1) is 22.9. The van der Waals surface area contributed by atoms with Crippen LogP contribution in [-0.2, 0) is 9.59 Å². The van der Waals surface area contributed by atoms with E-state index in [4.69, 9.17) is 0 Å². The second-order valence-electron chi connectivity index (χ2n) is 8.87. The second-order valence-corrected chi connectivity index (χ2v) is 8.87. The number of Topliss-reactive ketones (excluding diaryl/α,β-unsaturated/α-hetero) is 2. The minimum absolute atomic E-state index is 0.251. The second kappa shape index (κ2) is 10.2. The molecule has 0 amide bonds. The van der Waals surface area contributed by atoms with E-state index in [1.165, 1.54) is 12.8 Å². The Labute approximate surface area is 161 Å². The first-order valence-electron chi connectivity index (χ1n) is 10.6. The molecule has 2 heteroatoms. The monoisotopic (exact) mass is 360 g/mol. The van der Waals surface area contributed by atoms with E-state index < -0.39 is 0 Å². The van der Waals surface area contributed by atoms with Gasteiger partial charge in [-0.05, 0) is 74.3 Å². The van der Waals surface area contributed by atoms with Crippen molar-refractivity contribution in [2.45, 2.75) is 81.1 Å². The zero-order valence-electron chi connectivity index (χ0n) is 18.3. The van der Waals surface area contributed by atoms with Crippen molar-refractivity contribution in [2.24, 2.45) is 35.5 Å². The van der Waals surface area contributed by atoms with Gasteiger partial charge in [0.2, 0.25) is 0 Å². The summed E-state index contributed by atoms with van der Waals surface area (Å²) < 4.78 is 0. The average Bonchev–Trinajstić information content (AvgIpc) is 2.57. The Kier molecular flexibility index (Phi) is 9.00. The van der Waals surface area contributed by atoms with Crippen LogP contribution >= 0.6 is 0 Å². The third kappa shape index (κ3) is 5.41. The Morgan fingerprint density at radius 1 is 0.692 bits per heavy atom. The number of hydrogen-bond donors (Lipinski definition) is 0. The fourth-order valence-electron chi connectivity index (χ4n) is 4.47. The lowest BCUT2D eigenvalue weighted by Gasteiger charge is -2.30. The summed E-state index contributed by atoms with van der Waals surface area (Å²) in [5, 5.41) is 0. The van der Waals surface area contributed by atoms with E-state index >= 15 is 0 Å². The molecule has 2 fully saturated rings. The maximum Gasteiger partial charge on any atom is 0.162 e. The van der Waals surface area contributed by atoms with E-state index in [2.05, 4.69) is 34.6 Å². The maximum absolute atomic E-state index is 11.9. The van der Waals surface area contributed by atoms with Crippen LogP contribution in [0.15, 0.2) is 23.3 Å². The number of rotatable bonds is 2. The van der Waals surface area contributed by atoms with Crippen LogP contribution in [0.25, 0.3) is 0 Å². The van der Waals surface area contributed by atoms with E-state index in [1.54, 1.807) is 0 Å². The number of hydrogen-bond acceptors (Lipinski definition) is 2. The Bertz CT molecular complexity index is 551. The van der Waals surface area contributed by atoms with Crippen molar-refractivity contribution in [3.05, 3.63) is 23.3 Å². The van der Waals surface area contributed by atoms with Gasteiger partial charge in [-0.2, -0.15) is 0 Å². The Morgan fingerprint density at radius 2 is 1.15 bits per heavy atom. The number of carbonyl (C=O) groups is 2. The molecule has 0 aromatic heterocycles. The molecule has 4 unspecified atom stereocenters. The first-order chi connectivity index (χ1) is 12.1. The van der Waals surface area contributed by atoms with E-state index in [-0.39, 0.29) is 11.8 Å². The normalized spacial score (nSPS) is 33.0. The van der Waals surface area contributed by atoms with Crippen molar-refractivity contribution >= 4 is 11.6 Å². The summed E-state index contributed by atoms with van der Waals surface area (Å²) in [5.74, 6) is 3.39. The van der Waals surface area contributed by atoms with Gasteiger partial charge in [-0.3, -0.25) is 9.59 Å². The van der Waals surface area contributed by atoms with Crippen molar-refractivity contribution in [3.63, 3.8) is 0 Å². The molecule has 2 aliphatic carbocycles. The maximum atomic E-state index is 11.9. The van der Waals surface area contributed by atoms with E-state index in [0.717, 1.165) is 24.0 Å². The molecular weight excluding hydrogens is 320 g/mol. The highest BCUT2D eigenvalue weighted by molar-refractivity contribution is 5.98. The highest BCUT2D eigenvalue weighted by Gasteiger charge is 2.32. The largest absolute Gasteiger partial charge is 0.294 e. The van der Waals surface area contributed by atoms with Gasteiger partial charge >= 0.3 is 0 Å². The molecule has 0 aliphatic heterocycles. The SMILES string of the molecule is C/C=C1\C(=O)C(C(C)C)CCC1C.C/C=C1\C(=O)C(C)CCC1C(C)C. The number of ketones is 2. The molecular formula is C24H40O2. The highest BCUT2D eigenvalue weighted by atomic mass is 16.1. The summed E-state index contributed by atoms with van der Waals surface area (Å²) in [6.45, 7) is 16.9. The molecule has 2 aliphatic rings. The van der Waals surface area contributed by atoms with Gasteiger partial charge in [0.05, 0.1) is 0 Å². The molecule has 26 heavy (non-hydrogen) atoms. The van der Waals surface area contributed by atoms with Crippen LogP contribution in [0.4, 0.5) is 0 Å². The molecule has 148 valence electrons. The number of allylic oxidation sites excluding steroid dienone is 4. The van der Waals surface area contributed by atoms with E-state index in [0.29, 0.717) is 35.2 Å². The molecule has 2 rings (SSSR count). The molecule has 0 radical (unpaired) electrons. The summed E-state index contributed by atoms with van der Waals surface area (Å²) >= 11 is 0. The molecule has 0 bridgehead atoms. The molecule has 0 aromatic rings. The lowest BCUT2D eigenvalue weighted by molar-refractivity contribution is -0.122. The number of carbonyl (C=O) groups excluding carboxylic acids is 2. The van der Waals surface area contributed by atoms with E-state index in [9.17, 15) is 9.59 Å².